The number of carbonyl (C=O) groups is 1. The predicted molar refractivity (Wildman–Crippen MR) is 80.3 cm³/mol. The Bertz CT molecular complexity index is 586. The minimum absolute atomic E-state index is 0.218. The number of piperidine rings is 1. The van der Waals surface area contributed by atoms with Crippen LogP contribution in [0.3, 0.4) is 0 Å². The van der Waals surface area contributed by atoms with Crippen LogP contribution in [0.2, 0.25) is 0 Å². The number of rotatable bonds is 4. The molecule has 5 nitrogen and oxygen atoms in total. The Kier molecular flexibility index (Phi) is 4.34. The maximum Gasteiger partial charge on any atom is 0.229 e. The molecular weight excluding hydrogens is 286 g/mol. The lowest BCUT2D eigenvalue weighted by Crippen LogP contribution is -2.38. The Labute approximate surface area is 128 Å². The van der Waals surface area contributed by atoms with Crippen LogP contribution in [0.5, 0.6) is 0 Å². The Balaban J connectivity index is 1.53. The minimum atomic E-state index is 0.218. The van der Waals surface area contributed by atoms with Crippen molar-refractivity contribution in [2.24, 2.45) is 0 Å². The third-order valence-electron chi connectivity index (χ3n) is 3.90. The van der Waals surface area contributed by atoms with Gasteiger partial charge in [0.1, 0.15) is 0 Å². The van der Waals surface area contributed by atoms with Crippen molar-refractivity contribution < 1.29 is 9.32 Å². The number of amides is 1. The number of thiophene rings is 1. The van der Waals surface area contributed by atoms with Crippen LogP contribution in [0, 0.1) is 0 Å². The standard InChI is InChI=1S/C15H19N3O2S/c1-2-13-16-15(20-17-13)11-5-7-18(8-6-11)14(19)10-12-4-3-9-21-12/h3-4,9,11H,2,5-8,10H2,1H3. The topological polar surface area (TPSA) is 59.2 Å². The van der Waals surface area contributed by atoms with Gasteiger partial charge in [0.25, 0.3) is 0 Å². The maximum absolute atomic E-state index is 12.2. The number of likely N-dealkylation sites (tertiary alicyclic amines) is 1. The van der Waals surface area contributed by atoms with Crippen LogP contribution in [0.15, 0.2) is 22.0 Å². The summed E-state index contributed by atoms with van der Waals surface area (Å²) in [5, 5.41) is 5.96. The van der Waals surface area contributed by atoms with Gasteiger partial charge in [-0.15, -0.1) is 11.3 Å². The monoisotopic (exact) mass is 305 g/mol. The van der Waals surface area contributed by atoms with Gasteiger partial charge in [-0.1, -0.05) is 18.1 Å². The first-order chi connectivity index (χ1) is 10.3. The van der Waals surface area contributed by atoms with E-state index in [1.54, 1.807) is 11.3 Å². The van der Waals surface area contributed by atoms with Gasteiger partial charge >= 0.3 is 0 Å². The lowest BCUT2D eigenvalue weighted by atomic mass is 9.96. The summed E-state index contributed by atoms with van der Waals surface area (Å²) in [5.41, 5.74) is 0. The summed E-state index contributed by atoms with van der Waals surface area (Å²) in [6.45, 7) is 3.57. The molecule has 3 rings (SSSR count). The molecule has 1 amide bonds. The molecule has 0 atom stereocenters. The third kappa shape index (κ3) is 3.32. The molecule has 112 valence electrons. The van der Waals surface area contributed by atoms with Crippen molar-refractivity contribution in [1.29, 1.82) is 0 Å². The summed E-state index contributed by atoms with van der Waals surface area (Å²) in [6.07, 6.45) is 3.12. The molecule has 2 aromatic heterocycles. The Hall–Kier alpha value is -1.69. The minimum Gasteiger partial charge on any atom is -0.342 e. The summed E-state index contributed by atoms with van der Waals surface area (Å²) >= 11 is 1.64. The van der Waals surface area contributed by atoms with Gasteiger partial charge in [-0.25, -0.2) is 0 Å². The van der Waals surface area contributed by atoms with Gasteiger partial charge in [0, 0.05) is 30.3 Å². The number of aromatic nitrogens is 2. The van der Waals surface area contributed by atoms with Crippen LogP contribution in [0.1, 0.15) is 42.3 Å². The summed E-state index contributed by atoms with van der Waals surface area (Å²) in [5.74, 6) is 2.01. The molecule has 0 N–H and O–H groups in total. The molecule has 1 aliphatic rings. The average molecular weight is 305 g/mol. The molecule has 1 saturated heterocycles. The highest BCUT2D eigenvalue weighted by Gasteiger charge is 2.27. The van der Waals surface area contributed by atoms with E-state index in [9.17, 15) is 4.79 Å². The van der Waals surface area contributed by atoms with E-state index in [-0.39, 0.29) is 5.91 Å². The van der Waals surface area contributed by atoms with Gasteiger partial charge in [0.05, 0.1) is 6.42 Å². The molecule has 0 bridgehead atoms. The molecule has 0 saturated carbocycles. The Morgan fingerprint density at radius 3 is 2.90 bits per heavy atom. The third-order valence-corrected chi connectivity index (χ3v) is 4.78. The summed E-state index contributed by atoms with van der Waals surface area (Å²) in [6, 6.07) is 4.00. The SMILES string of the molecule is CCc1noc(C2CCN(C(=O)Cc3cccs3)CC2)n1. The highest BCUT2D eigenvalue weighted by atomic mass is 32.1. The van der Waals surface area contributed by atoms with Crippen molar-refractivity contribution in [3.63, 3.8) is 0 Å². The van der Waals surface area contributed by atoms with E-state index in [2.05, 4.69) is 10.1 Å². The molecule has 0 aromatic carbocycles. The van der Waals surface area contributed by atoms with Crippen LogP contribution in [0.25, 0.3) is 0 Å². The quantitative estimate of drug-likeness (QED) is 0.871. The Morgan fingerprint density at radius 2 is 2.29 bits per heavy atom. The average Bonchev–Trinajstić information content (AvgIpc) is 3.18. The highest BCUT2D eigenvalue weighted by molar-refractivity contribution is 7.10. The van der Waals surface area contributed by atoms with E-state index >= 15 is 0 Å². The van der Waals surface area contributed by atoms with Crippen LogP contribution in [-0.4, -0.2) is 34.0 Å². The largest absolute Gasteiger partial charge is 0.342 e. The highest BCUT2D eigenvalue weighted by Crippen LogP contribution is 2.27. The molecule has 0 spiro atoms. The lowest BCUT2D eigenvalue weighted by Gasteiger charge is -2.30. The van der Waals surface area contributed by atoms with Gasteiger partial charge in [-0.3, -0.25) is 4.79 Å². The van der Waals surface area contributed by atoms with Crippen molar-refractivity contribution in [3.8, 4) is 0 Å². The van der Waals surface area contributed by atoms with E-state index in [4.69, 9.17) is 4.52 Å². The zero-order chi connectivity index (χ0) is 14.7. The number of aryl methyl sites for hydroxylation is 1. The number of hydrogen-bond acceptors (Lipinski definition) is 5. The molecule has 1 aliphatic heterocycles. The molecule has 2 aromatic rings. The number of nitrogens with zero attached hydrogens (tertiary/aromatic N) is 3. The van der Waals surface area contributed by atoms with Crippen molar-refractivity contribution in [1.82, 2.24) is 15.0 Å². The van der Waals surface area contributed by atoms with E-state index in [0.29, 0.717) is 12.3 Å². The van der Waals surface area contributed by atoms with Crippen molar-refractivity contribution in [3.05, 3.63) is 34.1 Å². The van der Waals surface area contributed by atoms with Crippen molar-refractivity contribution in [2.75, 3.05) is 13.1 Å². The molecule has 6 heteroatoms. The fourth-order valence-corrected chi connectivity index (χ4v) is 3.32. The number of carbonyl (C=O) groups excluding carboxylic acids is 1. The molecule has 0 unspecified atom stereocenters. The van der Waals surface area contributed by atoms with E-state index < -0.39 is 0 Å². The second-order valence-corrected chi connectivity index (χ2v) is 6.35. The fourth-order valence-electron chi connectivity index (χ4n) is 2.63. The van der Waals surface area contributed by atoms with Gasteiger partial charge in [0.2, 0.25) is 11.8 Å². The second kappa shape index (κ2) is 6.39. The smallest absolute Gasteiger partial charge is 0.229 e. The van der Waals surface area contributed by atoms with Gasteiger partial charge in [-0.05, 0) is 24.3 Å². The van der Waals surface area contributed by atoms with E-state index in [0.717, 1.165) is 48.9 Å². The lowest BCUT2D eigenvalue weighted by molar-refractivity contribution is -0.131. The van der Waals surface area contributed by atoms with Crippen molar-refractivity contribution >= 4 is 17.2 Å². The zero-order valence-electron chi connectivity index (χ0n) is 12.1. The van der Waals surface area contributed by atoms with E-state index in [1.807, 2.05) is 29.3 Å². The normalized spacial score (nSPS) is 16.3. The number of hydrogen-bond donors (Lipinski definition) is 0. The first kappa shape index (κ1) is 14.3. The van der Waals surface area contributed by atoms with E-state index in [1.165, 1.54) is 0 Å². The van der Waals surface area contributed by atoms with Crippen LogP contribution in [-0.2, 0) is 17.6 Å². The van der Waals surface area contributed by atoms with Gasteiger partial charge < -0.3 is 9.42 Å². The maximum atomic E-state index is 12.2. The zero-order valence-corrected chi connectivity index (χ0v) is 12.9. The van der Waals surface area contributed by atoms with Crippen LogP contribution in [0.4, 0.5) is 0 Å². The van der Waals surface area contributed by atoms with Gasteiger partial charge in [0.15, 0.2) is 5.82 Å². The summed E-state index contributed by atoms with van der Waals surface area (Å²) in [4.78, 5) is 19.7. The Morgan fingerprint density at radius 1 is 1.48 bits per heavy atom. The predicted octanol–water partition coefficient (Wildman–Crippen LogP) is 2.64. The molecule has 1 fully saturated rings. The second-order valence-electron chi connectivity index (χ2n) is 5.31. The molecular formula is C15H19N3O2S. The van der Waals surface area contributed by atoms with Crippen molar-refractivity contribution in [2.45, 2.75) is 38.5 Å². The van der Waals surface area contributed by atoms with Gasteiger partial charge in [-0.2, -0.15) is 4.98 Å². The molecule has 21 heavy (non-hydrogen) atoms. The summed E-state index contributed by atoms with van der Waals surface area (Å²) < 4.78 is 5.31. The first-order valence-electron chi connectivity index (χ1n) is 7.39. The first-order valence-corrected chi connectivity index (χ1v) is 8.27. The van der Waals surface area contributed by atoms with Crippen LogP contribution >= 0.6 is 11.3 Å². The fraction of sp³-hybridized carbons (Fsp3) is 0.533. The molecule has 0 aliphatic carbocycles. The molecule has 0 radical (unpaired) electrons. The van der Waals surface area contributed by atoms with Crippen LogP contribution < -0.4 is 0 Å². The molecule has 3 heterocycles. The summed E-state index contributed by atoms with van der Waals surface area (Å²) in [7, 11) is 0.